The van der Waals surface area contributed by atoms with Gasteiger partial charge >= 0.3 is 0 Å². The fourth-order valence-electron chi connectivity index (χ4n) is 3.11. The van der Waals surface area contributed by atoms with Gasteiger partial charge in [0.15, 0.2) is 0 Å². The maximum atomic E-state index is 10.7. The highest BCUT2D eigenvalue weighted by molar-refractivity contribution is 5.06. The first-order valence-corrected chi connectivity index (χ1v) is 6.52. The summed E-state index contributed by atoms with van der Waals surface area (Å²) in [6.07, 6.45) is 7.90. The molecule has 3 rings (SSSR count). The molecule has 0 amide bonds. The summed E-state index contributed by atoms with van der Waals surface area (Å²) < 4.78 is 2.00. The zero-order valence-corrected chi connectivity index (χ0v) is 10.6. The number of β-amino-alcohol motifs (C(OH)–C–C–N with tert-alkyl or cyclic N) is 1. The molecule has 1 aliphatic carbocycles. The molecule has 4 heteroatoms. The molecular formula is C13H21N3O. The fraction of sp³-hybridized carbons (Fsp3) is 0.769. The van der Waals surface area contributed by atoms with Gasteiger partial charge in [-0.3, -0.25) is 4.90 Å². The molecule has 1 saturated carbocycles. The van der Waals surface area contributed by atoms with Crippen LogP contribution in [0, 0.1) is 0 Å². The average molecular weight is 235 g/mol. The lowest BCUT2D eigenvalue weighted by molar-refractivity contribution is 0.0461. The first-order valence-electron chi connectivity index (χ1n) is 6.52. The predicted molar refractivity (Wildman–Crippen MR) is 65.7 cm³/mol. The van der Waals surface area contributed by atoms with Gasteiger partial charge in [0.1, 0.15) is 5.82 Å². The fourth-order valence-corrected chi connectivity index (χ4v) is 3.11. The first kappa shape index (κ1) is 11.2. The lowest BCUT2D eigenvalue weighted by Crippen LogP contribution is -2.37. The van der Waals surface area contributed by atoms with E-state index >= 15 is 0 Å². The molecule has 4 nitrogen and oxygen atoms in total. The number of likely N-dealkylation sites (tertiary alicyclic amines) is 1. The van der Waals surface area contributed by atoms with Crippen LogP contribution in [0.5, 0.6) is 0 Å². The highest BCUT2D eigenvalue weighted by atomic mass is 16.3. The summed E-state index contributed by atoms with van der Waals surface area (Å²) in [5.41, 5.74) is -0.582. The van der Waals surface area contributed by atoms with Gasteiger partial charge in [0.05, 0.1) is 5.60 Å². The van der Waals surface area contributed by atoms with Crippen LogP contribution >= 0.6 is 0 Å². The van der Waals surface area contributed by atoms with E-state index in [1.54, 1.807) is 6.20 Å². The number of hydrogen-bond acceptors (Lipinski definition) is 3. The second-order valence-corrected chi connectivity index (χ2v) is 5.81. The van der Waals surface area contributed by atoms with E-state index in [1.807, 2.05) is 17.8 Å². The van der Waals surface area contributed by atoms with Gasteiger partial charge < -0.3 is 9.67 Å². The van der Waals surface area contributed by atoms with E-state index < -0.39 is 5.60 Å². The number of aromatic nitrogens is 2. The molecule has 0 aromatic carbocycles. The number of aryl methyl sites for hydroxylation is 1. The van der Waals surface area contributed by atoms with Crippen LogP contribution in [-0.2, 0) is 13.5 Å². The monoisotopic (exact) mass is 235 g/mol. The number of nitrogens with zero attached hydrogens (tertiary/aromatic N) is 3. The number of imidazole rings is 1. The predicted octanol–water partition coefficient (Wildman–Crippen LogP) is 0.950. The van der Waals surface area contributed by atoms with E-state index in [-0.39, 0.29) is 0 Å². The smallest absolute Gasteiger partial charge is 0.111 e. The van der Waals surface area contributed by atoms with Crippen molar-refractivity contribution in [2.75, 3.05) is 6.54 Å². The van der Waals surface area contributed by atoms with Crippen LogP contribution in [0.3, 0.4) is 0 Å². The minimum absolute atomic E-state index is 0.507. The van der Waals surface area contributed by atoms with Crippen molar-refractivity contribution in [2.24, 2.45) is 7.05 Å². The highest BCUT2D eigenvalue weighted by Crippen LogP contribution is 2.38. The molecule has 2 heterocycles. The summed E-state index contributed by atoms with van der Waals surface area (Å²) in [5.74, 6) is 0.984. The molecule has 1 aromatic heterocycles. The maximum absolute atomic E-state index is 10.7. The third-order valence-corrected chi connectivity index (χ3v) is 4.14. The zero-order chi connectivity index (χ0) is 12.0. The average Bonchev–Trinajstić information content (AvgIpc) is 2.96. The van der Waals surface area contributed by atoms with Crippen molar-refractivity contribution in [3.8, 4) is 0 Å². The summed E-state index contributed by atoms with van der Waals surface area (Å²) in [4.78, 5) is 6.79. The lowest BCUT2D eigenvalue weighted by Gasteiger charge is -2.23. The molecule has 1 aliphatic heterocycles. The Hall–Kier alpha value is -0.870. The van der Waals surface area contributed by atoms with Crippen LogP contribution in [-0.4, -0.2) is 43.8 Å². The Morgan fingerprint density at radius 1 is 1.53 bits per heavy atom. The van der Waals surface area contributed by atoms with E-state index in [0.717, 1.165) is 24.8 Å². The van der Waals surface area contributed by atoms with E-state index in [9.17, 15) is 5.11 Å². The van der Waals surface area contributed by atoms with Gasteiger partial charge in [-0.05, 0) is 26.2 Å². The van der Waals surface area contributed by atoms with Crippen LogP contribution in [0.15, 0.2) is 12.4 Å². The summed E-state index contributed by atoms with van der Waals surface area (Å²) in [6, 6.07) is 1.24. The topological polar surface area (TPSA) is 41.3 Å². The summed E-state index contributed by atoms with van der Waals surface area (Å²) in [5, 5.41) is 10.7. The maximum Gasteiger partial charge on any atom is 0.111 e. The van der Waals surface area contributed by atoms with E-state index in [0.29, 0.717) is 12.5 Å². The molecule has 2 unspecified atom stereocenters. The van der Waals surface area contributed by atoms with Crippen molar-refractivity contribution < 1.29 is 5.11 Å². The van der Waals surface area contributed by atoms with Gasteiger partial charge in [0.2, 0.25) is 0 Å². The van der Waals surface area contributed by atoms with Crippen LogP contribution in [0.25, 0.3) is 0 Å². The highest BCUT2D eigenvalue weighted by Gasteiger charge is 2.46. The molecule has 0 bridgehead atoms. The molecule has 0 radical (unpaired) electrons. The van der Waals surface area contributed by atoms with Crippen LogP contribution in [0.4, 0.5) is 0 Å². The van der Waals surface area contributed by atoms with Gasteiger partial charge in [0, 0.05) is 44.5 Å². The minimum atomic E-state index is -0.582. The number of hydrogen-bond donors (Lipinski definition) is 1. The molecule has 2 fully saturated rings. The van der Waals surface area contributed by atoms with Crippen molar-refractivity contribution in [3.63, 3.8) is 0 Å². The van der Waals surface area contributed by atoms with Gasteiger partial charge in [-0.2, -0.15) is 0 Å². The van der Waals surface area contributed by atoms with E-state index in [2.05, 4.69) is 16.8 Å². The summed E-state index contributed by atoms with van der Waals surface area (Å²) in [6.45, 7) is 3.04. The third kappa shape index (κ3) is 2.11. The SMILES string of the molecule is CC1CC(O)(Cc2nccn2C)CN1C1CC1. The quantitative estimate of drug-likeness (QED) is 0.848. The molecule has 17 heavy (non-hydrogen) atoms. The molecule has 1 saturated heterocycles. The van der Waals surface area contributed by atoms with Crippen LogP contribution in [0.1, 0.15) is 32.0 Å². The largest absolute Gasteiger partial charge is 0.388 e. The minimum Gasteiger partial charge on any atom is -0.388 e. The first-order chi connectivity index (χ1) is 8.07. The molecule has 2 aliphatic rings. The Labute approximate surface area is 102 Å². The van der Waals surface area contributed by atoms with Gasteiger partial charge in [0.25, 0.3) is 0 Å². The zero-order valence-electron chi connectivity index (χ0n) is 10.6. The van der Waals surface area contributed by atoms with Crippen LogP contribution in [0.2, 0.25) is 0 Å². The van der Waals surface area contributed by atoms with Crippen molar-refractivity contribution in [1.29, 1.82) is 0 Å². The molecule has 2 atom stereocenters. The van der Waals surface area contributed by atoms with Crippen molar-refractivity contribution in [1.82, 2.24) is 14.5 Å². The van der Waals surface area contributed by atoms with Crippen molar-refractivity contribution in [2.45, 2.75) is 50.3 Å². The van der Waals surface area contributed by atoms with Gasteiger partial charge in [-0.1, -0.05) is 0 Å². The van der Waals surface area contributed by atoms with Crippen molar-refractivity contribution in [3.05, 3.63) is 18.2 Å². The third-order valence-electron chi connectivity index (χ3n) is 4.14. The molecule has 1 N–H and O–H groups in total. The Morgan fingerprint density at radius 3 is 2.88 bits per heavy atom. The lowest BCUT2D eigenvalue weighted by atomic mass is 9.96. The number of rotatable bonds is 3. The Morgan fingerprint density at radius 2 is 2.29 bits per heavy atom. The van der Waals surface area contributed by atoms with Gasteiger partial charge in [-0.15, -0.1) is 0 Å². The normalized spacial score (nSPS) is 34.4. The Bertz CT molecular complexity index is 413. The Balaban J connectivity index is 1.72. The summed E-state index contributed by atoms with van der Waals surface area (Å²) in [7, 11) is 1.99. The number of aliphatic hydroxyl groups is 1. The van der Waals surface area contributed by atoms with Crippen molar-refractivity contribution >= 4 is 0 Å². The van der Waals surface area contributed by atoms with E-state index in [4.69, 9.17) is 0 Å². The van der Waals surface area contributed by atoms with E-state index in [1.165, 1.54) is 12.8 Å². The second-order valence-electron chi connectivity index (χ2n) is 5.81. The molecular weight excluding hydrogens is 214 g/mol. The second kappa shape index (κ2) is 3.82. The standard InChI is InChI=1S/C13H21N3O/c1-10-7-13(17,9-16(10)11-3-4-11)8-12-14-5-6-15(12)2/h5-6,10-11,17H,3-4,7-9H2,1-2H3. The van der Waals surface area contributed by atoms with Crippen LogP contribution < -0.4 is 0 Å². The molecule has 0 spiro atoms. The summed E-state index contributed by atoms with van der Waals surface area (Å²) >= 11 is 0. The molecule has 94 valence electrons. The Kier molecular flexibility index (Phi) is 2.52. The molecule has 1 aromatic rings. The van der Waals surface area contributed by atoms with Gasteiger partial charge in [-0.25, -0.2) is 4.98 Å².